The zero-order valence-electron chi connectivity index (χ0n) is 34.8. The molecule has 0 amide bonds. The highest BCUT2D eigenvalue weighted by atomic mass is 16.6. The van der Waals surface area contributed by atoms with Crippen LogP contribution in [0.1, 0.15) is 245 Å². The van der Waals surface area contributed by atoms with E-state index < -0.39 is 6.10 Å². The second-order valence-corrected chi connectivity index (χ2v) is 15.5. The van der Waals surface area contributed by atoms with Crippen LogP contribution in [0.25, 0.3) is 0 Å². The first-order valence-electron chi connectivity index (χ1n) is 22.9. The van der Waals surface area contributed by atoms with Crippen molar-refractivity contribution < 1.29 is 24.2 Å². The van der Waals surface area contributed by atoms with Crippen LogP contribution < -0.4 is 0 Å². The van der Waals surface area contributed by atoms with E-state index in [-0.39, 0.29) is 25.2 Å². The summed E-state index contributed by atoms with van der Waals surface area (Å²) in [5.41, 5.74) is 0. The highest BCUT2D eigenvalue weighted by molar-refractivity contribution is 5.70. The van der Waals surface area contributed by atoms with Crippen LogP contribution >= 0.6 is 0 Å². The summed E-state index contributed by atoms with van der Waals surface area (Å²) in [6, 6.07) is 0. The fourth-order valence-corrected chi connectivity index (χ4v) is 6.76. The van der Waals surface area contributed by atoms with Gasteiger partial charge in [0.05, 0.1) is 6.61 Å². The van der Waals surface area contributed by atoms with E-state index in [1.807, 2.05) is 0 Å². The van der Waals surface area contributed by atoms with Gasteiger partial charge >= 0.3 is 11.9 Å². The maximum atomic E-state index is 12.2. The minimum atomic E-state index is -0.773. The lowest BCUT2D eigenvalue weighted by atomic mass is 10.0. The molecule has 0 unspecified atom stereocenters. The summed E-state index contributed by atoms with van der Waals surface area (Å²) in [6.45, 7) is 4.13. The Bertz CT molecular complexity index is 791. The number of ether oxygens (including phenoxy) is 2. The topological polar surface area (TPSA) is 72.8 Å². The van der Waals surface area contributed by atoms with Crippen LogP contribution in [0.5, 0.6) is 0 Å². The lowest BCUT2D eigenvalue weighted by molar-refractivity contribution is -0.161. The van der Waals surface area contributed by atoms with Crippen molar-refractivity contribution in [3.05, 3.63) is 24.3 Å². The fraction of sp³-hybridized carbons (Fsp3) is 0.872. The summed E-state index contributed by atoms with van der Waals surface area (Å²) >= 11 is 0. The molecule has 0 aliphatic carbocycles. The van der Waals surface area contributed by atoms with E-state index in [1.165, 1.54) is 167 Å². The van der Waals surface area contributed by atoms with Crippen LogP contribution in [-0.4, -0.2) is 36.4 Å². The molecule has 1 N–H and O–H groups in total. The fourth-order valence-electron chi connectivity index (χ4n) is 6.76. The average Bonchev–Trinajstić information content (AvgIpc) is 3.15. The molecule has 0 aromatic rings. The Hall–Kier alpha value is -1.62. The largest absolute Gasteiger partial charge is 0.462 e. The van der Waals surface area contributed by atoms with Gasteiger partial charge in [-0.3, -0.25) is 9.59 Å². The number of carbonyl (C=O) groups is 2. The lowest BCUT2D eigenvalue weighted by Gasteiger charge is -2.15. The summed E-state index contributed by atoms with van der Waals surface area (Å²) in [6.07, 6.45) is 52.6. The number of esters is 2. The van der Waals surface area contributed by atoms with E-state index in [2.05, 4.69) is 38.2 Å². The number of carbonyl (C=O) groups excluding carboxylic acids is 2. The molecule has 5 nitrogen and oxygen atoms in total. The molecule has 0 heterocycles. The van der Waals surface area contributed by atoms with Crippen molar-refractivity contribution in [2.45, 2.75) is 251 Å². The third kappa shape index (κ3) is 41.1. The Balaban J connectivity index is 3.48. The molecular weight excluding hydrogens is 645 g/mol. The third-order valence-electron chi connectivity index (χ3n) is 10.2. The van der Waals surface area contributed by atoms with E-state index in [4.69, 9.17) is 9.47 Å². The van der Waals surface area contributed by atoms with Gasteiger partial charge in [0.1, 0.15) is 6.61 Å². The second kappa shape index (κ2) is 43.8. The van der Waals surface area contributed by atoms with Gasteiger partial charge in [-0.05, 0) is 44.9 Å². The summed E-state index contributed by atoms with van der Waals surface area (Å²) < 4.78 is 10.6. The maximum absolute atomic E-state index is 12.2. The average molecular weight is 733 g/mol. The van der Waals surface area contributed by atoms with Crippen molar-refractivity contribution in [2.24, 2.45) is 0 Å². The first-order chi connectivity index (χ1) is 25.6. The summed E-state index contributed by atoms with van der Waals surface area (Å²) in [5.74, 6) is -0.595. The highest BCUT2D eigenvalue weighted by Gasteiger charge is 2.16. The Morgan fingerprint density at radius 1 is 0.442 bits per heavy atom. The van der Waals surface area contributed by atoms with Crippen LogP contribution in [0.2, 0.25) is 0 Å². The SMILES string of the molecule is CCCCC/C=C/C/C=C/CCCCCCCC(=O)OC[C@H](CO)OC(=O)CCCCCCCCCCCCCCCCCCCCCCCCC. The summed E-state index contributed by atoms with van der Waals surface area (Å²) in [5, 5.41) is 9.58. The lowest BCUT2D eigenvalue weighted by Crippen LogP contribution is -2.28. The van der Waals surface area contributed by atoms with Gasteiger partial charge in [0.2, 0.25) is 0 Å². The smallest absolute Gasteiger partial charge is 0.306 e. The first kappa shape index (κ1) is 50.4. The summed E-state index contributed by atoms with van der Waals surface area (Å²) in [7, 11) is 0. The van der Waals surface area contributed by atoms with Crippen molar-refractivity contribution >= 4 is 11.9 Å². The van der Waals surface area contributed by atoms with Gasteiger partial charge in [0.25, 0.3) is 0 Å². The van der Waals surface area contributed by atoms with E-state index in [0.717, 1.165) is 51.4 Å². The zero-order valence-corrected chi connectivity index (χ0v) is 34.8. The third-order valence-corrected chi connectivity index (χ3v) is 10.2. The number of rotatable bonds is 42. The van der Waals surface area contributed by atoms with E-state index in [0.29, 0.717) is 12.8 Å². The minimum absolute atomic E-state index is 0.0687. The quantitative estimate of drug-likeness (QED) is 0.0384. The molecule has 0 aliphatic heterocycles. The van der Waals surface area contributed by atoms with E-state index in [9.17, 15) is 14.7 Å². The molecule has 52 heavy (non-hydrogen) atoms. The number of unbranched alkanes of at least 4 members (excludes halogenated alkanes) is 30. The molecule has 5 heteroatoms. The molecule has 0 bridgehead atoms. The van der Waals surface area contributed by atoms with Crippen LogP contribution in [0.15, 0.2) is 24.3 Å². The molecule has 0 radical (unpaired) electrons. The number of aliphatic hydroxyl groups is 1. The molecule has 0 rings (SSSR count). The molecule has 0 aromatic heterocycles. The predicted octanol–water partition coefficient (Wildman–Crippen LogP) is 14.6. The van der Waals surface area contributed by atoms with E-state index in [1.54, 1.807) is 0 Å². The van der Waals surface area contributed by atoms with Crippen molar-refractivity contribution in [2.75, 3.05) is 13.2 Å². The van der Waals surface area contributed by atoms with Crippen molar-refractivity contribution in [3.8, 4) is 0 Å². The molecule has 0 fully saturated rings. The standard InChI is InChI=1S/C47H88O5/c1-3-5-7-9-11-13-15-17-19-20-21-22-23-24-25-26-28-30-32-34-36-38-40-42-47(50)52-45(43-48)44-51-46(49)41-39-37-35-33-31-29-27-18-16-14-12-10-8-6-4-2/h12,14,18,27,45,48H,3-11,13,15-17,19-26,28-44H2,1-2H3/b14-12+,27-18+/t45-/m0/s1. The molecule has 0 aliphatic rings. The van der Waals surface area contributed by atoms with E-state index >= 15 is 0 Å². The van der Waals surface area contributed by atoms with Gasteiger partial charge in [-0.25, -0.2) is 0 Å². The maximum Gasteiger partial charge on any atom is 0.306 e. The van der Waals surface area contributed by atoms with Gasteiger partial charge in [-0.2, -0.15) is 0 Å². The predicted molar refractivity (Wildman–Crippen MR) is 224 cm³/mol. The van der Waals surface area contributed by atoms with Crippen LogP contribution in [0.4, 0.5) is 0 Å². The summed E-state index contributed by atoms with van der Waals surface area (Å²) in [4.78, 5) is 24.3. The Morgan fingerprint density at radius 2 is 0.769 bits per heavy atom. The first-order valence-corrected chi connectivity index (χ1v) is 22.9. The second-order valence-electron chi connectivity index (χ2n) is 15.5. The minimum Gasteiger partial charge on any atom is -0.462 e. The molecular formula is C47H88O5. The molecule has 306 valence electrons. The highest BCUT2D eigenvalue weighted by Crippen LogP contribution is 2.16. The van der Waals surface area contributed by atoms with Crippen LogP contribution in [-0.2, 0) is 19.1 Å². The molecule has 0 saturated carbocycles. The molecule has 0 aromatic carbocycles. The Kier molecular flexibility index (Phi) is 42.4. The number of allylic oxidation sites excluding steroid dienone is 4. The Morgan fingerprint density at radius 3 is 1.17 bits per heavy atom. The van der Waals surface area contributed by atoms with Gasteiger partial charge < -0.3 is 14.6 Å². The number of hydrogen-bond donors (Lipinski definition) is 1. The number of hydrogen-bond acceptors (Lipinski definition) is 5. The number of aliphatic hydroxyl groups excluding tert-OH is 1. The monoisotopic (exact) mass is 733 g/mol. The normalized spacial score (nSPS) is 12.3. The zero-order chi connectivity index (χ0) is 37.8. The van der Waals surface area contributed by atoms with Crippen molar-refractivity contribution in [1.82, 2.24) is 0 Å². The Labute approximate surface area is 323 Å². The van der Waals surface area contributed by atoms with Crippen LogP contribution in [0, 0.1) is 0 Å². The van der Waals surface area contributed by atoms with Crippen LogP contribution in [0.3, 0.4) is 0 Å². The van der Waals surface area contributed by atoms with Gasteiger partial charge in [-0.15, -0.1) is 0 Å². The molecule has 1 atom stereocenters. The van der Waals surface area contributed by atoms with Gasteiger partial charge in [0.15, 0.2) is 6.10 Å². The van der Waals surface area contributed by atoms with Crippen molar-refractivity contribution in [1.29, 1.82) is 0 Å². The molecule has 0 spiro atoms. The molecule has 0 saturated heterocycles. The van der Waals surface area contributed by atoms with Gasteiger partial charge in [-0.1, -0.05) is 212 Å². The van der Waals surface area contributed by atoms with Gasteiger partial charge in [0, 0.05) is 12.8 Å². The van der Waals surface area contributed by atoms with Crippen molar-refractivity contribution in [3.63, 3.8) is 0 Å².